The molecule has 3 heterocycles. The number of carbonyl (C=O) groups excluding carboxylic acids is 1. The fraction of sp³-hybridized carbons (Fsp3) is 0.435. The molecule has 0 radical (unpaired) electrons. The van der Waals surface area contributed by atoms with Gasteiger partial charge in [-0.2, -0.15) is 9.61 Å². The molecule has 1 aliphatic carbocycles. The molecule has 5 rings (SSSR count). The van der Waals surface area contributed by atoms with Crippen LogP contribution in [0.4, 0.5) is 4.39 Å². The molecule has 1 N–H and O–H groups in total. The summed E-state index contributed by atoms with van der Waals surface area (Å²) in [6, 6.07) is 9.84. The molecule has 3 aromatic rings. The SMILES string of the molecule is O=C(c1c(Br)nn2c(=O)cc(-c3ccc(C4CCCCC4)cc3)[nH]c12)N1CC(CF)C1. The van der Waals surface area contributed by atoms with Crippen molar-refractivity contribution in [1.82, 2.24) is 19.5 Å². The lowest BCUT2D eigenvalue weighted by Crippen LogP contribution is -2.50. The van der Waals surface area contributed by atoms with Crippen LogP contribution >= 0.6 is 15.9 Å². The van der Waals surface area contributed by atoms with E-state index in [1.54, 1.807) is 4.90 Å². The van der Waals surface area contributed by atoms with Crippen LogP contribution in [0.1, 0.15) is 53.9 Å². The van der Waals surface area contributed by atoms with Gasteiger partial charge < -0.3 is 9.88 Å². The molecular weight excluding hydrogens is 463 g/mol. The van der Waals surface area contributed by atoms with Crippen LogP contribution in [0.5, 0.6) is 0 Å². The maximum Gasteiger partial charge on any atom is 0.274 e. The largest absolute Gasteiger partial charge is 0.339 e. The highest BCUT2D eigenvalue weighted by Gasteiger charge is 2.34. The van der Waals surface area contributed by atoms with Crippen LogP contribution in [0.15, 0.2) is 39.7 Å². The van der Waals surface area contributed by atoms with E-state index in [1.807, 2.05) is 12.1 Å². The van der Waals surface area contributed by atoms with Crippen LogP contribution < -0.4 is 5.56 Å². The molecule has 1 saturated heterocycles. The number of amides is 1. The predicted molar refractivity (Wildman–Crippen MR) is 120 cm³/mol. The number of aromatic amines is 1. The molecule has 2 aliphatic rings. The third kappa shape index (κ3) is 3.71. The third-order valence-corrected chi connectivity index (χ3v) is 7.10. The van der Waals surface area contributed by atoms with Gasteiger partial charge in [-0.05, 0) is 45.8 Å². The molecular formula is C23H24BrFN4O2. The lowest BCUT2D eigenvalue weighted by atomic mass is 9.84. The number of alkyl halides is 1. The van der Waals surface area contributed by atoms with E-state index in [9.17, 15) is 14.0 Å². The van der Waals surface area contributed by atoms with Crippen LogP contribution in [0, 0.1) is 5.92 Å². The number of hydrogen-bond donors (Lipinski definition) is 1. The maximum atomic E-state index is 13.0. The van der Waals surface area contributed by atoms with Crippen molar-refractivity contribution in [2.24, 2.45) is 5.92 Å². The maximum absolute atomic E-state index is 13.0. The second-order valence-electron chi connectivity index (χ2n) is 8.63. The predicted octanol–water partition coefficient (Wildman–Crippen LogP) is 4.54. The number of halogens is 2. The van der Waals surface area contributed by atoms with Crippen molar-refractivity contribution >= 4 is 27.5 Å². The van der Waals surface area contributed by atoms with Gasteiger partial charge in [0.2, 0.25) is 0 Å². The van der Waals surface area contributed by atoms with Crippen molar-refractivity contribution in [1.29, 1.82) is 0 Å². The summed E-state index contributed by atoms with van der Waals surface area (Å²) in [4.78, 5) is 30.5. The van der Waals surface area contributed by atoms with E-state index in [1.165, 1.54) is 48.2 Å². The Morgan fingerprint density at radius 1 is 1.16 bits per heavy atom. The molecule has 1 aliphatic heterocycles. The molecule has 1 saturated carbocycles. The first-order valence-electron chi connectivity index (χ1n) is 10.8. The van der Waals surface area contributed by atoms with Crippen LogP contribution in [0.2, 0.25) is 0 Å². The number of benzene rings is 1. The Hall–Kier alpha value is -2.48. The number of H-pyrrole nitrogens is 1. The number of hydrogen-bond acceptors (Lipinski definition) is 3. The Balaban J connectivity index is 1.49. The van der Waals surface area contributed by atoms with Gasteiger partial charge >= 0.3 is 0 Å². The van der Waals surface area contributed by atoms with Gasteiger partial charge in [-0.15, -0.1) is 0 Å². The zero-order valence-electron chi connectivity index (χ0n) is 17.1. The summed E-state index contributed by atoms with van der Waals surface area (Å²) in [5.74, 6) is 0.248. The van der Waals surface area contributed by atoms with Crippen LogP contribution in [0.25, 0.3) is 16.9 Å². The van der Waals surface area contributed by atoms with Crippen LogP contribution in [-0.4, -0.2) is 45.2 Å². The summed E-state index contributed by atoms with van der Waals surface area (Å²) in [5, 5.41) is 4.19. The van der Waals surface area contributed by atoms with Crippen molar-refractivity contribution in [3.8, 4) is 11.3 Å². The zero-order chi connectivity index (χ0) is 21.5. The van der Waals surface area contributed by atoms with E-state index in [-0.39, 0.29) is 17.4 Å². The Morgan fingerprint density at radius 3 is 2.55 bits per heavy atom. The highest BCUT2D eigenvalue weighted by molar-refractivity contribution is 9.10. The molecule has 0 spiro atoms. The topological polar surface area (TPSA) is 70.5 Å². The van der Waals surface area contributed by atoms with Gasteiger partial charge in [0.05, 0.1) is 12.4 Å². The number of aromatic nitrogens is 3. The molecule has 1 amide bonds. The summed E-state index contributed by atoms with van der Waals surface area (Å²) in [6.45, 7) is 0.328. The molecule has 162 valence electrons. The summed E-state index contributed by atoms with van der Waals surface area (Å²) < 4.78 is 14.3. The first-order chi connectivity index (χ1) is 15.0. The van der Waals surface area contributed by atoms with Gasteiger partial charge in [-0.1, -0.05) is 43.5 Å². The number of fused-ring (bicyclic) bond motifs is 1. The fourth-order valence-electron chi connectivity index (χ4n) is 4.72. The minimum atomic E-state index is -0.433. The van der Waals surface area contributed by atoms with Gasteiger partial charge in [-0.3, -0.25) is 14.0 Å². The summed E-state index contributed by atoms with van der Waals surface area (Å²) in [7, 11) is 0. The lowest BCUT2D eigenvalue weighted by Gasteiger charge is -2.37. The number of nitrogens with zero attached hydrogens (tertiary/aromatic N) is 3. The zero-order valence-corrected chi connectivity index (χ0v) is 18.7. The molecule has 2 aromatic heterocycles. The molecule has 0 atom stereocenters. The second-order valence-corrected chi connectivity index (χ2v) is 9.39. The van der Waals surface area contributed by atoms with Gasteiger partial charge in [0.15, 0.2) is 5.65 Å². The summed E-state index contributed by atoms with van der Waals surface area (Å²) in [6.07, 6.45) is 6.36. The molecule has 8 heteroatoms. The third-order valence-electron chi connectivity index (χ3n) is 6.55. The first-order valence-corrected chi connectivity index (χ1v) is 11.6. The first kappa shape index (κ1) is 20.4. The average Bonchev–Trinajstić information content (AvgIpc) is 3.10. The van der Waals surface area contributed by atoms with E-state index >= 15 is 0 Å². The fourth-order valence-corrected chi connectivity index (χ4v) is 5.24. The normalized spacial score (nSPS) is 17.8. The highest BCUT2D eigenvalue weighted by Crippen LogP contribution is 2.33. The smallest absolute Gasteiger partial charge is 0.274 e. The summed E-state index contributed by atoms with van der Waals surface area (Å²) >= 11 is 3.32. The number of likely N-dealkylation sites (tertiary alicyclic amines) is 1. The van der Waals surface area contributed by atoms with Gasteiger partial charge in [0.25, 0.3) is 11.5 Å². The van der Waals surface area contributed by atoms with E-state index < -0.39 is 6.67 Å². The van der Waals surface area contributed by atoms with Gasteiger partial charge in [0, 0.05) is 25.1 Å². The van der Waals surface area contributed by atoms with E-state index in [2.05, 4.69) is 38.1 Å². The quantitative estimate of drug-likeness (QED) is 0.588. The molecule has 31 heavy (non-hydrogen) atoms. The summed E-state index contributed by atoms with van der Waals surface area (Å²) in [5.41, 5.74) is 3.20. The Bertz CT molecular complexity index is 1170. The van der Waals surface area contributed by atoms with Crippen LogP contribution in [-0.2, 0) is 0 Å². The van der Waals surface area contributed by atoms with E-state index in [0.717, 1.165) is 5.56 Å². The number of rotatable bonds is 4. The van der Waals surface area contributed by atoms with Crippen molar-refractivity contribution in [2.45, 2.75) is 38.0 Å². The highest BCUT2D eigenvalue weighted by atomic mass is 79.9. The van der Waals surface area contributed by atoms with Crippen molar-refractivity contribution in [3.63, 3.8) is 0 Å². The standard InChI is InChI=1S/C23H24BrFN4O2/c24-21-20(23(31)28-12-14(11-25)13-28)22-26-18(10-19(30)29(22)27-21)17-8-6-16(7-9-17)15-4-2-1-3-5-15/h6-10,14-15,26H,1-5,11-13H2. The minimum absolute atomic E-state index is 0.109. The van der Waals surface area contributed by atoms with Crippen LogP contribution in [0.3, 0.4) is 0 Å². The van der Waals surface area contributed by atoms with E-state index in [0.29, 0.717) is 40.5 Å². The van der Waals surface area contributed by atoms with Gasteiger partial charge in [-0.25, -0.2) is 0 Å². The average molecular weight is 487 g/mol. The molecule has 1 aromatic carbocycles. The van der Waals surface area contributed by atoms with Crippen molar-refractivity contribution in [2.75, 3.05) is 19.8 Å². The molecule has 0 unspecified atom stereocenters. The number of nitrogens with one attached hydrogen (secondary N) is 1. The molecule has 0 bridgehead atoms. The van der Waals surface area contributed by atoms with E-state index in [4.69, 9.17) is 0 Å². The van der Waals surface area contributed by atoms with Crippen molar-refractivity contribution in [3.05, 3.63) is 56.4 Å². The monoisotopic (exact) mass is 486 g/mol. The Morgan fingerprint density at radius 2 is 1.87 bits per heavy atom. The number of carbonyl (C=O) groups is 1. The lowest BCUT2D eigenvalue weighted by molar-refractivity contribution is 0.0453. The minimum Gasteiger partial charge on any atom is -0.339 e. The Labute approximate surface area is 187 Å². The molecule has 6 nitrogen and oxygen atoms in total. The Kier molecular flexibility index (Phi) is 5.42. The molecule has 2 fully saturated rings. The van der Waals surface area contributed by atoms with Gasteiger partial charge in [0.1, 0.15) is 10.2 Å². The second kappa shape index (κ2) is 8.22. The van der Waals surface area contributed by atoms with Crippen molar-refractivity contribution < 1.29 is 9.18 Å².